The van der Waals surface area contributed by atoms with Crippen molar-refractivity contribution in [1.29, 1.82) is 0 Å². The third-order valence-corrected chi connectivity index (χ3v) is 5.02. The number of aromatic nitrogens is 2. The molecule has 1 amide bonds. The minimum Gasteiger partial charge on any atom is -0.351 e. The SMILES string of the molecule is O=C(c1ccno1)N(Cc1ccccc1)c1nc2c(Cl)cccc2s1. The van der Waals surface area contributed by atoms with Gasteiger partial charge in [0.05, 0.1) is 22.5 Å². The number of hydrogen-bond donors (Lipinski definition) is 0. The molecule has 0 spiro atoms. The number of carbonyl (C=O) groups is 1. The number of carbonyl (C=O) groups excluding carboxylic acids is 1. The van der Waals surface area contributed by atoms with Gasteiger partial charge in [-0.05, 0) is 17.7 Å². The highest BCUT2D eigenvalue weighted by Crippen LogP contribution is 2.34. The summed E-state index contributed by atoms with van der Waals surface area (Å²) in [6, 6.07) is 16.8. The van der Waals surface area contributed by atoms with E-state index in [-0.39, 0.29) is 11.7 Å². The Labute approximate surface area is 152 Å². The Kier molecular flexibility index (Phi) is 4.21. The highest BCUT2D eigenvalue weighted by molar-refractivity contribution is 7.22. The molecule has 0 aliphatic carbocycles. The van der Waals surface area contributed by atoms with Gasteiger partial charge in [0, 0.05) is 6.07 Å². The summed E-state index contributed by atoms with van der Waals surface area (Å²) in [7, 11) is 0. The van der Waals surface area contributed by atoms with Crippen LogP contribution in [0.15, 0.2) is 65.3 Å². The zero-order chi connectivity index (χ0) is 17.2. The molecule has 0 N–H and O–H groups in total. The Morgan fingerprint density at radius 3 is 2.68 bits per heavy atom. The number of fused-ring (bicyclic) bond motifs is 1. The van der Waals surface area contributed by atoms with Crippen LogP contribution in [0.5, 0.6) is 0 Å². The number of nitrogens with zero attached hydrogens (tertiary/aromatic N) is 3. The van der Waals surface area contributed by atoms with Crippen LogP contribution in [0.1, 0.15) is 16.1 Å². The number of para-hydroxylation sites is 1. The van der Waals surface area contributed by atoms with E-state index in [0.717, 1.165) is 10.3 Å². The minimum absolute atomic E-state index is 0.168. The van der Waals surface area contributed by atoms with Crippen LogP contribution >= 0.6 is 22.9 Å². The number of halogens is 1. The van der Waals surface area contributed by atoms with Gasteiger partial charge in [0.25, 0.3) is 5.91 Å². The molecule has 7 heteroatoms. The number of rotatable bonds is 4. The standard InChI is InChI=1S/C18H12ClN3O2S/c19-13-7-4-8-15-16(13)21-18(25-15)22(11-12-5-2-1-3-6-12)17(23)14-9-10-20-24-14/h1-10H,11H2. The summed E-state index contributed by atoms with van der Waals surface area (Å²) < 4.78 is 5.96. The molecule has 0 aliphatic heterocycles. The minimum atomic E-state index is -0.295. The number of benzene rings is 2. The van der Waals surface area contributed by atoms with Crippen LogP contribution in [0, 0.1) is 0 Å². The van der Waals surface area contributed by atoms with E-state index < -0.39 is 0 Å². The fourth-order valence-corrected chi connectivity index (χ4v) is 3.73. The van der Waals surface area contributed by atoms with Gasteiger partial charge in [-0.25, -0.2) is 4.98 Å². The molecule has 0 bridgehead atoms. The van der Waals surface area contributed by atoms with E-state index in [1.54, 1.807) is 17.0 Å². The van der Waals surface area contributed by atoms with Gasteiger partial charge in [-0.2, -0.15) is 0 Å². The molecule has 0 saturated heterocycles. The van der Waals surface area contributed by atoms with E-state index in [9.17, 15) is 4.79 Å². The molecule has 5 nitrogen and oxygen atoms in total. The van der Waals surface area contributed by atoms with E-state index >= 15 is 0 Å². The van der Waals surface area contributed by atoms with Crippen molar-refractivity contribution in [2.75, 3.05) is 4.90 Å². The lowest BCUT2D eigenvalue weighted by Crippen LogP contribution is -2.30. The number of thiazole rings is 1. The van der Waals surface area contributed by atoms with Crippen molar-refractivity contribution in [2.45, 2.75) is 6.54 Å². The quantitative estimate of drug-likeness (QED) is 0.519. The van der Waals surface area contributed by atoms with Crippen LogP contribution in [0.4, 0.5) is 5.13 Å². The third kappa shape index (κ3) is 3.14. The van der Waals surface area contributed by atoms with Gasteiger partial charge in [0.2, 0.25) is 5.76 Å². The van der Waals surface area contributed by atoms with Crippen molar-refractivity contribution in [1.82, 2.24) is 10.1 Å². The molecule has 0 unspecified atom stereocenters. The molecule has 0 fully saturated rings. The van der Waals surface area contributed by atoms with E-state index in [0.29, 0.717) is 22.2 Å². The Hall–Kier alpha value is -2.70. The predicted molar refractivity (Wildman–Crippen MR) is 98.1 cm³/mol. The van der Waals surface area contributed by atoms with Crippen LogP contribution in [-0.2, 0) is 6.54 Å². The predicted octanol–water partition coefficient (Wildman–Crippen LogP) is 4.78. The first-order valence-corrected chi connectivity index (χ1v) is 8.73. The molecule has 124 valence electrons. The van der Waals surface area contributed by atoms with E-state index in [2.05, 4.69) is 10.1 Å². The summed E-state index contributed by atoms with van der Waals surface area (Å²) in [5, 5.41) is 4.75. The van der Waals surface area contributed by atoms with Crippen molar-refractivity contribution in [3.8, 4) is 0 Å². The van der Waals surface area contributed by atoms with Crippen molar-refractivity contribution in [3.63, 3.8) is 0 Å². The van der Waals surface area contributed by atoms with Gasteiger partial charge in [-0.15, -0.1) is 0 Å². The third-order valence-electron chi connectivity index (χ3n) is 3.67. The summed E-state index contributed by atoms with van der Waals surface area (Å²) in [5.74, 6) is -0.127. The number of hydrogen-bond acceptors (Lipinski definition) is 5. The highest BCUT2D eigenvalue weighted by Gasteiger charge is 2.24. The smallest absolute Gasteiger partial charge is 0.298 e. The van der Waals surface area contributed by atoms with E-state index in [1.165, 1.54) is 17.5 Å². The van der Waals surface area contributed by atoms with Crippen LogP contribution in [0.25, 0.3) is 10.2 Å². The van der Waals surface area contributed by atoms with Crippen LogP contribution < -0.4 is 4.90 Å². The molecule has 25 heavy (non-hydrogen) atoms. The maximum atomic E-state index is 12.9. The molecular formula is C18H12ClN3O2S. The highest BCUT2D eigenvalue weighted by atomic mass is 35.5. The van der Waals surface area contributed by atoms with Crippen molar-refractivity contribution in [2.24, 2.45) is 0 Å². The van der Waals surface area contributed by atoms with Crippen LogP contribution in [0.2, 0.25) is 5.02 Å². The largest absolute Gasteiger partial charge is 0.351 e. The van der Waals surface area contributed by atoms with E-state index in [4.69, 9.17) is 16.1 Å². The molecule has 2 aromatic carbocycles. The van der Waals surface area contributed by atoms with Crippen molar-refractivity contribution >= 4 is 44.2 Å². The molecule has 0 aliphatic rings. The van der Waals surface area contributed by atoms with Gasteiger partial charge in [0.15, 0.2) is 5.13 Å². The molecular weight excluding hydrogens is 358 g/mol. The van der Waals surface area contributed by atoms with E-state index in [1.807, 2.05) is 42.5 Å². The Bertz CT molecular complexity index is 1020. The lowest BCUT2D eigenvalue weighted by Gasteiger charge is -2.18. The van der Waals surface area contributed by atoms with Crippen molar-refractivity contribution in [3.05, 3.63) is 77.1 Å². The first-order chi connectivity index (χ1) is 12.2. The Morgan fingerprint density at radius 1 is 1.12 bits per heavy atom. The topological polar surface area (TPSA) is 59.2 Å². The molecule has 4 aromatic rings. The lowest BCUT2D eigenvalue weighted by atomic mass is 10.2. The fourth-order valence-electron chi connectivity index (χ4n) is 2.47. The summed E-state index contributed by atoms with van der Waals surface area (Å²) in [6.45, 7) is 0.373. The van der Waals surface area contributed by atoms with Gasteiger partial charge in [-0.1, -0.05) is 64.5 Å². The Morgan fingerprint density at radius 2 is 1.96 bits per heavy atom. The molecule has 2 aromatic heterocycles. The average molecular weight is 370 g/mol. The molecule has 0 radical (unpaired) electrons. The van der Waals surface area contributed by atoms with Gasteiger partial charge < -0.3 is 4.52 Å². The molecule has 4 rings (SSSR count). The summed E-state index contributed by atoms with van der Waals surface area (Å²) in [5.41, 5.74) is 1.67. The first-order valence-electron chi connectivity index (χ1n) is 7.54. The van der Waals surface area contributed by atoms with Gasteiger partial charge >= 0.3 is 0 Å². The molecule has 0 saturated carbocycles. The Balaban J connectivity index is 1.78. The molecule has 2 heterocycles. The zero-order valence-corrected chi connectivity index (χ0v) is 14.5. The monoisotopic (exact) mass is 369 g/mol. The second-order valence-corrected chi connectivity index (χ2v) is 6.75. The van der Waals surface area contributed by atoms with Crippen molar-refractivity contribution < 1.29 is 9.32 Å². The second kappa shape index (κ2) is 6.66. The summed E-state index contributed by atoms with van der Waals surface area (Å²) in [4.78, 5) is 19.0. The maximum Gasteiger partial charge on any atom is 0.298 e. The average Bonchev–Trinajstić information content (AvgIpc) is 3.30. The second-order valence-electron chi connectivity index (χ2n) is 5.34. The van der Waals surface area contributed by atoms with Gasteiger partial charge in [-0.3, -0.25) is 9.69 Å². The summed E-state index contributed by atoms with van der Waals surface area (Å²) >= 11 is 7.64. The van der Waals surface area contributed by atoms with Crippen LogP contribution in [0.3, 0.4) is 0 Å². The maximum absolute atomic E-state index is 12.9. The normalized spacial score (nSPS) is 10.9. The fraction of sp³-hybridized carbons (Fsp3) is 0.0556. The summed E-state index contributed by atoms with van der Waals surface area (Å²) in [6.07, 6.45) is 1.45. The molecule has 0 atom stereocenters. The zero-order valence-electron chi connectivity index (χ0n) is 12.9. The number of anilines is 1. The lowest BCUT2D eigenvalue weighted by molar-refractivity contribution is 0.0949. The number of amides is 1. The van der Waals surface area contributed by atoms with Crippen LogP contribution in [-0.4, -0.2) is 16.0 Å². The van der Waals surface area contributed by atoms with Gasteiger partial charge in [0.1, 0.15) is 5.52 Å². The first kappa shape index (κ1) is 15.8.